The van der Waals surface area contributed by atoms with Crippen molar-refractivity contribution in [1.82, 2.24) is 14.7 Å². The van der Waals surface area contributed by atoms with Gasteiger partial charge in [0.1, 0.15) is 0 Å². The third kappa shape index (κ3) is 6.12. The average Bonchev–Trinajstić information content (AvgIpc) is 2.84. The fourth-order valence-corrected chi connectivity index (χ4v) is 4.67. The first-order valence-corrected chi connectivity index (χ1v) is 11.9. The molecule has 8 nitrogen and oxygen atoms in total. The number of amides is 3. The number of carbonyl (C=O) groups excluding carboxylic acids is 2. The lowest BCUT2D eigenvalue weighted by molar-refractivity contribution is -0.137. The zero-order chi connectivity index (χ0) is 24.1. The van der Waals surface area contributed by atoms with E-state index in [0.29, 0.717) is 58.2 Å². The maximum atomic E-state index is 13.3. The predicted molar refractivity (Wildman–Crippen MR) is 122 cm³/mol. The highest BCUT2D eigenvalue weighted by Crippen LogP contribution is 2.36. The Bertz CT molecular complexity index is 862. The summed E-state index contributed by atoms with van der Waals surface area (Å²) in [6.07, 6.45) is -1.44. The van der Waals surface area contributed by atoms with Crippen LogP contribution in [0.5, 0.6) is 0 Å². The molecule has 11 heteroatoms. The Morgan fingerprint density at radius 2 is 1.53 bits per heavy atom. The third-order valence-electron chi connectivity index (χ3n) is 6.59. The molecule has 34 heavy (non-hydrogen) atoms. The largest absolute Gasteiger partial charge is 0.416 e. The van der Waals surface area contributed by atoms with Gasteiger partial charge in [0, 0.05) is 52.4 Å². The molecule has 0 bridgehead atoms. The normalized spacial score (nSPS) is 20.4. The van der Waals surface area contributed by atoms with Crippen molar-refractivity contribution in [2.45, 2.75) is 25.4 Å². The van der Waals surface area contributed by atoms with Gasteiger partial charge in [-0.15, -0.1) is 0 Å². The summed E-state index contributed by atoms with van der Waals surface area (Å²) in [4.78, 5) is 32.9. The molecule has 4 rings (SSSR count). The van der Waals surface area contributed by atoms with E-state index >= 15 is 0 Å². The molecule has 1 aromatic rings. The second-order valence-electron chi connectivity index (χ2n) is 8.97. The van der Waals surface area contributed by atoms with E-state index in [4.69, 9.17) is 4.74 Å². The Balaban J connectivity index is 1.35. The molecule has 0 unspecified atom stereocenters. The van der Waals surface area contributed by atoms with Crippen molar-refractivity contribution in [1.29, 1.82) is 0 Å². The van der Waals surface area contributed by atoms with E-state index in [2.05, 4.69) is 5.32 Å². The molecule has 0 spiro atoms. The fraction of sp³-hybridized carbons (Fsp3) is 0.652. The number of halogens is 3. The van der Waals surface area contributed by atoms with Gasteiger partial charge in [0.25, 0.3) is 0 Å². The van der Waals surface area contributed by atoms with Crippen molar-refractivity contribution in [2.75, 3.05) is 82.3 Å². The Hall–Kier alpha value is -2.53. The number of piperidine rings is 1. The maximum Gasteiger partial charge on any atom is 0.416 e. The summed E-state index contributed by atoms with van der Waals surface area (Å²) in [5.41, 5.74) is 0.0450. The minimum absolute atomic E-state index is 0.0115. The van der Waals surface area contributed by atoms with Crippen molar-refractivity contribution < 1.29 is 27.5 Å². The predicted octanol–water partition coefficient (Wildman–Crippen LogP) is 2.70. The van der Waals surface area contributed by atoms with Crippen LogP contribution in [0, 0.1) is 0 Å². The van der Waals surface area contributed by atoms with Crippen molar-refractivity contribution >= 4 is 23.3 Å². The van der Waals surface area contributed by atoms with Crippen molar-refractivity contribution in [3.8, 4) is 0 Å². The van der Waals surface area contributed by atoms with Crippen LogP contribution in [-0.2, 0) is 15.7 Å². The molecule has 3 saturated heterocycles. The van der Waals surface area contributed by atoms with E-state index in [9.17, 15) is 22.8 Å². The lowest BCUT2D eigenvalue weighted by Crippen LogP contribution is -2.55. The molecule has 3 aliphatic rings. The first-order chi connectivity index (χ1) is 16.3. The minimum atomic E-state index is -4.48. The summed E-state index contributed by atoms with van der Waals surface area (Å²) in [6, 6.07) is 3.55. The number of ether oxygens (including phenoxy) is 1. The SMILES string of the molecule is O=C(CN1CCN(C(=O)N2CCOCC2)CC1)Nc1cc(C(F)(F)F)ccc1N1CCCCC1. The molecule has 1 aromatic carbocycles. The molecule has 0 aliphatic carbocycles. The molecule has 3 heterocycles. The highest BCUT2D eigenvalue weighted by molar-refractivity contribution is 5.96. The number of benzene rings is 1. The highest BCUT2D eigenvalue weighted by Gasteiger charge is 2.32. The van der Waals surface area contributed by atoms with E-state index in [1.54, 1.807) is 9.80 Å². The van der Waals surface area contributed by atoms with Gasteiger partial charge in [0.05, 0.1) is 36.7 Å². The van der Waals surface area contributed by atoms with Gasteiger partial charge in [-0.25, -0.2) is 4.79 Å². The standard InChI is InChI=1S/C23H32F3N5O3/c24-23(25,26)18-4-5-20(29-6-2-1-3-7-29)19(16-18)27-21(32)17-28-8-10-30(11-9-28)22(33)31-12-14-34-15-13-31/h4-5,16H,1-3,6-15,17H2,(H,27,32). The van der Waals surface area contributed by atoms with E-state index in [1.807, 2.05) is 9.80 Å². The first-order valence-electron chi connectivity index (χ1n) is 11.9. The van der Waals surface area contributed by atoms with Crippen molar-refractivity contribution in [3.63, 3.8) is 0 Å². The van der Waals surface area contributed by atoms with Crippen LogP contribution in [-0.4, -0.2) is 98.8 Å². The number of morpholine rings is 1. The lowest BCUT2D eigenvalue weighted by atomic mass is 10.1. The number of hydrogen-bond acceptors (Lipinski definition) is 5. The summed E-state index contributed by atoms with van der Waals surface area (Å²) in [7, 11) is 0. The lowest BCUT2D eigenvalue weighted by Gasteiger charge is -2.38. The molecule has 3 amide bonds. The monoisotopic (exact) mass is 483 g/mol. The number of hydrogen-bond donors (Lipinski definition) is 1. The van der Waals surface area contributed by atoms with Crippen molar-refractivity contribution in [3.05, 3.63) is 23.8 Å². The van der Waals surface area contributed by atoms with Gasteiger partial charge in [0.15, 0.2) is 0 Å². The van der Waals surface area contributed by atoms with Gasteiger partial charge in [0.2, 0.25) is 5.91 Å². The summed E-state index contributed by atoms with van der Waals surface area (Å²) in [5.74, 6) is -0.356. The molecule has 188 valence electrons. The van der Waals surface area contributed by atoms with Gasteiger partial charge in [-0.2, -0.15) is 13.2 Å². The van der Waals surface area contributed by atoms with Crippen molar-refractivity contribution in [2.24, 2.45) is 0 Å². The fourth-order valence-electron chi connectivity index (χ4n) is 4.67. The second kappa shape index (κ2) is 10.8. The number of nitrogens with zero attached hydrogens (tertiary/aromatic N) is 4. The quantitative estimate of drug-likeness (QED) is 0.714. The maximum absolute atomic E-state index is 13.3. The van der Waals surface area contributed by atoms with Crippen LogP contribution in [0.1, 0.15) is 24.8 Å². The van der Waals surface area contributed by atoms with E-state index < -0.39 is 11.7 Å². The zero-order valence-corrected chi connectivity index (χ0v) is 19.3. The Labute approximate surface area is 197 Å². The van der Waals surface area contributed by atoms with E-state index in [-0.39, 0.29) is 24.2 Å². The third-order valence-corrected chi connectivity index (χ3v) is 6.59. The molecular weight excluding hydrogens is 451 g/mol. The van der Waals surface area contributed by atoms with Crippen LogP contribution < -0.4 is 10.2 Å². The number of urea groups is 1. The molecule has 0 atom stereocenters. The molecule has 3 fully saturated rings. The molecule has 3 aliphatic heterocycles. The number of rotatable bonds is 4. The van der Waals surface area contributed by atoms with Gasteiger partial charge in [-0.1, -0.05) is 0 Å². The summed E-state index contributed by atoms with van der Waals surface area (Å²) < 4.78 is 45.2. The summed E-state index contributed by atoms with van der Waals surface area (Å²) in [5, 5.41) is 2.73. The average molecular weight is 484 g/mol. The Kier molecular flexibility index (Phi) is 7.82. The van der Waals surface area contributed by atoms with Crippen LogP contribution in [0.3, 0.4) is 0 Å². The second-order valence-corrected chi connectivity index (χ2v) is 8.97. The highest BCUT2D eigenvalue weighted by atomic mass is 19.4. The first kappa shape index (κ1) is 24.6. The zero-order valence-electron chi connectivity index (χ0n) is 19.3. The van der Waals surface area contributed by atoms with Crippen LogP contribution in [0.4, 0.5) is 29.3 Å². The molecule has 0 aromatic heterocycles. The topological polar surface area (TPSA) is 68.4 Å². The molecular formula is C23H32F3N5O3. The molecule has 0 radical (unpaired) electrons. The van der Waals surface area contributed by atoms with Crippen LogP contribution in [0.2, 0.25) is 0 Å². The number of nitrogens with one attached hydrogen (secondary N) is 1. The summed E-state index contributed by atoms with van der Waals surface area (Å²) in [6.45, 7) is 5.90. The van der Waals surface area contributed by atoms with Gasteiger partial charge >= 0.3 is 12.2 Å². The minimum Gasteiger partial charge on any atom is -0.378 e. The van der Waals surface area contributed by atoms with Crippen LogP contribution >= 0.6 is 0 Å². The van der Waals surface area contributed by atoms with E-state index in [0.717, 1.165) is 44.5 Å². The number of anilines is 2. The number of alkyl halides is 3. The molecule has 1 N–H and O–H groups in total. The van der Waals surface area contributed by atoms with Crippen LogP contribution in [0.15, 0.2) is 18.2 Å². The smallest absolute Gasteiger partial charge is 0.378 e. The van der Waals surface area contributed by atoms with Gasteiger partial charge < -0.3 is 24.8 Å². The number of carbonyl (C=O) groups is 2. The molecule has 0 saturated carbocycles. The van der Waals surface area contributed by atoms with Gasteiger partial charge in [-0.05, 0) is 37.5 Å². The van der Waals surface area contributed by atoms with Crippen LogP contribution in [0.25, 0.3) is 0 Å². The number of piperazine rings is 1. The van der Waals surface area contributed by atoms with Gasteiger partial charge in [-0.3, -0.25) is 9.69 Å². The summed E-state index contributed by atoms with van der Waals surface area (Å²) >= 11 is 0. The Morgan fingerprint density at radius 3 is 2.18 bits per heavy atom. The Morgan fingerprint density at radius 1 is 0.882 bits per heavy atom. The van der Waals surface area contributed by atoms with E-state index in [1.165, 1.54) is 6.07 Å².